The number of unbranched alkanes of at least 4 members (excludes halogenated alkanes) is 1. The summed E-state index contributed by atoms with van der Waals surface area (Å²) in [5.41, 5.74) is 4.82. The van der Waals surface area contributed by atoms with Crippen LogP contribution in [0.25, 0.3) is 0 Å². The number of rotatable bonds is 7. The van der Waals surface area contributed by atoms with Gasteiger partial charge in [-0.3, -0.25) is 20.2 Å². The first kappa shape index (κ1) is 23.0. The second kappa shape index (κ2) is 11.1. The van der Waals surface area contributed by atoms with Crippen LogP contribution in [0.15, 0.2) is 46.6 Å². The van der Waals surface area contributed by atoms with E-state index in [0.29, 0.717) is 19.0 Å². The lowest BCUT2D eigenvalue weighted by Crippen LogP contribution is -2.40. The molecule has 0 aliphatic carbocycles. The Morgan fingerprint density at radius 1 is 1.03 bits per heavy atom. The number of nitrogens with one attached hydrogen (secondary N) is 2. The lowest BCUT2D eigenvalue weighted by atomic mass is 9.88. The molecule has 0 spiro atoms. The van der Waals surface area contributed by atoms with E-state index < -0.39 is 0 Å². The van der Waals surface area contributed by atoms with Gasteiger partial charge in [-0.05, 0) is 75.8 Å². The van der Waals surface area contributed by atoms with Crippen LogP contribution in [0.5, 0.6) is 0 Å². The summed E-state index contributed by atoms with van der Waals surface area (Å²) < 4.78 is 0. The fourth-order valence-corrected chi connectivity index (χ4v) is 4.78. The molecule has 8 heteroatoms. The van der Waals surface area contributed by atoms with E-state index in [1.165, 1.54) is 22.5 Å². The number of likely N-dealkylation sites (tertiary alicyclic amines) is 1. The molecule has 2 aromatic rings. The topological polar surface area (TPSA) is 94.9 Å². The van der Waals surface area contributed by atoms with Crippen molar-refractivity contribution in [2.24, 2.45) is 9.98 Å². The van der Waals surface area contributed by atoms with Crippen LogP contribution in [-0.4, -0.2) is 52.7 Å². The number of urea groups is 1. The molecule has 8 nitrogen and oxygen atoms in total. The highest BCUT2D eigenvalue weighted by atomic mass is 16.2. The van der Waals surface area contributed by atoms with Gasteiger partial charge in [-0.2, -0.15) is 0 Å². The zero-order chi connectivity index (χ0) is 23.0. The van der Waals surface area contributed by atoms with Crippen LogP contribution in [0.4, 0.5) is 4.79 Å². The fourth-order valence-electron chi connectivity index (χ4n) is 4.78. The number of guanidine groups is 1. The highest BCUT2D eigenvalue weighted by Crippen LogP contribution is 2.42. The average Bonchev–Trinajstić information content (AvgIpc) is 3.33. The van der Waals surface area contributed by atoms with Crippen LogP contribution in [0.3, 0.4) is 0 Å². The van der Waals surface area contributed by atoms with Crippen LogP contribution < -0.4 is 10.6 Å². The first-order valence-electron chi connectivity index (χ1n) is 11.8. The van der Waals surface area contributed by atoms with Crippen molar-refractivity contribution in [1.82, 2.24) is 25.5 Å². The minimum Gasteiger partial charge on any atom is -0.338 e. The van der Waals surface area contributed by atoms with E-state index in [-0.39, 0.29) is 18.1 Å². The Labute approximate surface area is 195 Å². The van der Waals surface area contributed by atoms with Gasteiger partial charge in [0.25, 0.3) is 0 Å². The molecular weight excluding hydrogens is 414 g/mol. The van der Waals surface area contributed by atoms with Crippen molar-refractivity contribution in [3.8, 4) is 0 Å². The monoisotopic (exact) mass is 447 g/mol. The second-order valence-electron chi connectivity index (χ2n) is 8.68. The maximum Gasteiger partial charge on any atom is 0.321 e. The molecule has 2 aromatic heterocycles. The maximum absolute atomic E-state index is 12.0. The lowest BCUT2D eigenvalue weighted by molar-refractivity contribution is 0.0743. The van der Waals surface area contributed by atoms with Gasteiger partial charge in [0.05, 0.1) is 30.0 Å². The third kappa shape index (κ3) is 5.82. The quantitative estimate of drug-likeness (QED) is 0.630. The summed E-state index contributed by atoms with van der Waals surface area (Å²) in [6, 6.07) is 8.61. The van der Waals surface area contributed by atoms with Crippen molar-refractivity contribution in [2.45, 2.75) is 58.0 Å². The average molecular weight is 448 g/mol. The summed E-state index contributed by atoms with van der Waals surface area (Å²) in [6.07, 6.45) is 10.7. The molecular formula is C25H33N7O. The Balaban J connectivity index is 1.41. The largest absolute Gasteiger partial charge is 0.338 e. The Hall–Kier alpha value is -3.13. The van der Waals surface area contributed by atoms with Crippen molar-refractivity contribution in [2.75, 3.05) is 19.6 Å². The van der Waals surface area contributed by atoms with E-state index in [0.717, 1.165) is 38.6 Å². The van der Waals surface area contributed by atoms with Crippen molar-refractivity contribution in [3.05, 3.63) is 59.2 Å². The molecule has 0 saturated carbocycles. The van der Waals surface area contributed by atoms with Crippen LogP contribution in [0, 0.1) is 13.8 Å². The minimum absolute atomic E-state index is 0.255. The molecule has 174 valence electrons. The first-order chi connectivity index (χ1) is 16.1. The summed E-state index contributed by atoms with van der Waals surface area (Å²) in [5, 5.41) is 5.57. The number of aromatic nitrogens is 2. The standard InChI is InChI=1S/C25H33N7O/c1-18-8-6-13-26-22(18)20-10-5-11-21(23-19(2)9-7-14-27-23)32(20)17-4-3-12-30-25(33)31-24-28-15-16-29-24/h6-9,13-15,20-21H,3-5,10-12,16-17H2,1-2H3,(H2,29,30,31,33)/t20-,21+. The van der Waals surface area contributed by atoms with Gasteiger partial charge < -0.3 is 5.32 Å². The fraction of sp³-hybridized carbons (Fsp3) is 0.480. The Kier molecular flexibility index (Phi) is 7.78. The summed E-state index contributed by atoms with van der Waals surface area (Å²) >= 11 is 0. The third-order valence-electron chi connectivity index (χ3n) is 6.38. The molecule has 0 unspecified atom stereocenters. The Morgan fingerprint density at radius 3 is 2.27 bits per heavy atom. The summed E-state index contributed by atoms with van der Waals surface area (Å²) in [7, 11) is 0. The van der Waals surface area contributed by atoms with Gasteiger partial charge >= 0.3 is 6.03 Å². The van der Waals surface area contributed by atoms with Gasteiger partial charge in [0.2, 0.25) is 5.96 Å². The number of hydrogen-bond acceptors (Lipinski definition) is 6. The molecule has 4 rings (SSSR count). The molecule has 0 aromatic carbocycles. The maximum atomic E-state index is 12.0. The Bertz CT molecular complexity index is 966. The molecule has 33 heavy (non-hydrogen) atoms. The third-order valence-corrected chi connectivity index (χ3v) is 6.38. The number of hydrogen-bond donors (Lipinski definition) is 2. The molecule has 4 heterocycles. The lowest BCUT2D eigenvalue weighted by Gasteiger charge is -2.42. The smallest absolute Gasteiger partial charge is 0.321 e. The predicted molar refractivity (Wildman–Crippen MR) is 131 cm³/mol. The number of amides is 2. The molecule has 2 aliphatic rings. The van der Waals surface area contributed by atoms with Crippen LogP contribution in [0.1, 0.15) is 66.7 Å². The van der Waals surface area contributed by atoms with Gasteiger partial charge in [0.15, 0.2) is 0 Å². The zero-order valence-electron chi connectivity index (χ0n) is 19.5. The molecule has 2 aliphatic heterocycles. The van der Waals surface area contributed by atoms with Gasteiger partial charge in [-0.25, -0.2) is 14.8 Å². The molecule has 2 N–H and O–H groups in total. The number of carbonyl (C=O) groups is 1. The Morgan fingerprint density at radius 2 is 1.70 bits per heavy atom. The highest BCUT2D eigenvalue weighted by Gasteiger charge is 2.34. The zero-order valence-corrected chi connectivity index (χ0v) is 19.5. The van der Waals surface area contributed by atoms with E-state index in [2.05, 4.69) is 51.5 Å². The van der Waals surface area contributed by atoms with Crippen LogP contribution in [-0.2, 0) is 0 Å². The molecule has 1 fully saturated rings. The van der Waals surface area contributed by atoms with Crippen LogP contribution in [0.2, 0.25) is 0 Å². The predicted octanol–water partition coefficient (Wildman–Crippen LogP) is 3.88. The number of aryl methyl sites for hydroxylation is 2. The van der Waals surface area contributed by atoms with E-state index in [1.54, 1.807) is 6.21 Å². The number of pyridine rings is 2. The van der Waals surface area contributed by atoms with Crippen molar-refractivity contribution < 1.29 is 4.79 Å². The van der Waals surface area contributed by atoms with E-state index in [1.807, 2.05) is 24.5 Å². The van der Waals surface area contributed by atoms with Gasteiger partial charge in [0.1, 0.15) is 0 Å². The van der Waals surface area contributed by atoms with Crippen molar-refractivity contribution >= 4 is 18.2 Å². The van der Waals surface area contributed by atoms with Crippen molar-refractivity contribution in [3.63, 3.8) is 0 Å². The number of piperidine rings is 1. The summed E-state index contributed by atoms with van der Waals surface area (Å²) in [6.45, 7) is 6.37. The summed E-state index contributed by atoms with van der Waals surface area (Å²) in [4.78, 5) is 32.2. The van der Waals surface area contributed by atoms with Gasteiger partial charge in [-0.1, -0.05) is 12.1 Å². The molecule has 2 atom stereocenters. The minimum atomic E-state index is -0.255. The van der Waals surface area contributed by atoms with Crippen LogP contribution >= 0.6 is 0 Å². The van der Waals surface area contributed by atoms with E-state index in [4.69, 9.17) is 9.97 Å². The highest BCUT2D eigenvalue weighted by molar-refractivity contribution is 6.02. The van der Waals surface area contributed by atoms with E-state index >= 15 is 0 Å². The molecule has 0 bridgehead atoms. The van der Waals surface area contributed by atoms with E-state index in [9.17, 15) is 4.79 Å². The number of carbonyl (C=O) groups excluding carboxylic acids is 1. The molecule has 0 radical (unpaired) electrons. The first-order valence-corrected chi connectivity index (χ1v) is 11.8. The summed E-state index contributed by atoms with van der Waals surface area (Å²) in [5.74, 6) is 0.378. The SMILES string of the molecule is Cc1cccnc1[C@H]1CCC[C@@H](c2ncccc2C)N1CCCCNC(=O)NC1=NCC=N1. The van der Waals surface area contributed by atoms with Gasteiger partial charge in [-0.15, -0.1) is 0 Å². The number of aliphatic imine (C=N–C) groups is 2. The van der Waals surface area contributed by atoms with Crippen molar-refractivity contribution in [1.29, 1.82) is 0 Å². The number of nitrogens with zero attached hydrogens (tertiary/aromatic N) is 5. The molecule has 1 saturated heterocycles. The van der Waals surface area contributed by atoms with Gasteiger partial charge in [0, 0.05) is 25.2 Å². The second-order valence-corrected chi connectivity index (χ2v) is 8.68. The molecule has 2 amide bonds. The normalized spacial score (nSPS) is 20.5.